The van der Waals surface area contributed by atoms with Gasteiger partial charge in [-0.25, -0.2) is 0 Å². The normalized spacial score (nSPS) is 11.8. The van der Waals surface area contributed by atoms with Gasteiger partial charge in [-0.2, -0.15) is 0 Å². The molecule has 0 radical (unpaired) electrons. The maximum Gasteiger partial charge on any atom is 0.261 e. The van der Waals surface area contributed by atoms with Gasteiger partial charge in [-0.3, -0.25) is 9.59 Å². The zero-order valence-corrected chi connectivity index (χ0v) is 19.3. The Hall–Kier alpha value is -2.24. The maximum atomic E-state index is 13.1. The van der Waals surface area contributed by atoms with E-state index in [0.717, 1.165) is 11.1 Å². The van der Waals surface area contributed by atoms with Crippen molar-refractivity contribution >= 4 is 35.0 Å². The summed E-state index contributed by atoms with van der Waals surface area (Å²) in [5, 5.41) is 3.60. The summed E-state index contributed by atoms with van der Waals surface area (Å²) in [5.74, 6) is 0.408. The van der Waals surface area contributed by atoms with Gasteiger partial charge in [0.15, 0.2) is 6.61 Å². The van der Waals surface area contributed by atoms with Gasteiger partial charge in [-0.15, -0.1) is 0 Å². The average molecular weight is 451 g/mol. The van der Waals surface area contributed by atoms with Crippen molar-refractivity contribution in [1.29, 1.82) is 0 Å². The van der Waals surface area contributed by atoms with Crippen molar-refractivity contribution in [1.82, 2.24) is 10.2 Å². The molecule has 0 bridgehead atoms. The summed E-state index contributed by atoms with van der Waals surface area (Å²) < 4.78 is 5.84. The SMILES string of the molecule is CCNC(=O)[C@H](C)N(Cc1ccc(Cl)c(Cl)c1)C(=O)COc1ccccc1C(C)C. The predicted molar refractivity (Wildman–Crippen MR) is 121 cm³/mol. The number of nitrogens with zero attached hydrogens (tertiary/aromatic N) is 1. The zero-order valence-electron chi connectivity index (χ0n) is 17.7. The molecule has 7 heteroatoms. The van der Waals surface area contributed by atoms with Gasteiger partial charge in [0.05, 0.1) is 10.0 Å². The number of nitrogens with one attached hydrogen (secondary N) is 1. The van der Waals surface area contributed by atoms with Gasteiger partial charge in [0.1, 0.15) is 11.8 Å². The van der Waals surface area contributed by atoms with Crippen molar-refractivity contribution in [3.8, 4) is 5.75 Å². The average Bonchev–Trinajstić information content (AvgIpc) is 2.72. The number of hydrogen-bond acceptors (Lipinski definition) is 3. The molecule has 0 saturated heterocycles. The Bertz CT molecular complexity index is 887. The second-order valence-electron chi connectivity index (χ2n) is 7.32. The summed E-state index contributed by atoms with van der Waals surface area (Å²) in [6.07, 6.45) is 0. The van der Waals surface area contributed by atoms with E-state index in [0.29, 0.717) is 22.3 Å². The summed E-state index contributed by atoms with van der Waals surface area (Å²) >= 11 is 12.1. The van der Waals surface area contributed by atoms with Gasteiger partial charge >= 0.3 is 0 Å². The minimum absolute atomic E-state index is 0.172. The van der Waals surface area contributed by atoms with Crippen LogP contribution in [-0.4, -0.2) is 35.9 Å². The van der Waals surface area contributed by atoms with Gasteiger partial charge in [-0.05, 0) is 49.1 Å². The highest BCUT2D eigenvalue weighted by Gasteiger charge is 2.26. The van der Waals surface area contributed by atoms with E-state index in [2.05, 4.69) is 19.2 Å². The number of likely N-dealkylation sites (N-methyl/N-ethyl adjacent to an activating group) is 1. The first-order valence-corrected chi connectivity index (χ1v) is 10.7. The molecule has 0 aliphatic heterocycles. The van der Waals surface area contributed by atoms with Crippen molar-refractivity contribution in [3.05, 3.63) is 63.6 Å². The Morgan fingerprint density at radius 2 is 1.77 bits per heavy atom. The molecule has 0 aliphatic carbocycles. The van der Waals surface area contributed by atoms with Crippen LogP contribution in [0.2, 0.25) is 10.0 Å². The third-order valence-corrected chi connectivity index (χ3v) is 5.49. The van der Waals surface area contributed by atoms with Gasteiger partial charge < -0.3 is 15.0 Å². The van der Waals surface area contributed by atoms with Gasteiger partial charge in [0, 0.05) is 13.1 Å². The fourth-order valence-electron chi connectivity index (χ4n) is 3.05. The Morgan fingerprint density at radius 3 is 2.40 bits per heavy atom. The summed E-state index contributed by atoms with van der Waals surface area (Å²) in [6, 6.07) is 12.1. The van der Waals surface area contributed by atoms with Gasteiger partial charge in [0.25, 0.3) is 5.91 Å². The van der Waals surface area contributed by atoms with E-state index in [-0.39, 0.29) is 30.9 Å². The lowest BCUT2D eigenvalue weighted by atomic mass is 10.0. The van der Waals surface area contributed by atoms with Crippen LogP contribution in [0.15, 0.2) is 42.5 Å². The Labute approximate surface area is 188 Å². The lowest BCUT2D eigenvalue weighted by Gasteiger charge is -2.29. The number of hydrogen-bond donors (Lipinski definition) is 1. The molecule has 0 unspecified atom stereocenters. The lowest BCUT2D eigenvalue weighted by Crippen LogP contribution is -2.49. The summed E-state index contributed by atoms with van der Waals surface area (Å²) in [4.78, 5) is 27.0. The molecule has 5 nitrogen and oxygen atoms in total. The molecule has 0 saturated carbocycles. The van der Waals surface area contributed by atoms with Crippen molar-refractivity contribution in [3.63, 3.8) is 0 Å². The Balaban J connectivity index is 2.21. The van der Waals surface area contributed by atoms with E-state index in [4.69, 9.17) is 27.9 Å². The highest BCUT2D eigenvalue weighted by molar-refractivity contribution is 6.42. The van der Waals surface area contributed by atoms with E-state index in [1.165, 1.54) is 4.90 Å². The third kappa shape index (κ3) is 6.38. The van der Waals surface area contributed by atoms with Crippen molar-refractivity contribution < 1.29 is 14.3 Å². The van der Waals surface area contributed by atoms with Gasteiger partial charge in [-0.1, -0.05) is 61.3 Å². The number of halogens is 2. The van der Waals surface area contributed by atoms with E-state index in [9.17, 15) is 9.59 Å². The first-order chi connectivity index (χ1) is 14.2. The lowest BCUT2D eigenvalue weighted by molar-refractivity contribution is -0.142. The van der Waals surface area contributed by atoms with Crippen molar-refractivity contribution in [2.75, 3.05) is 13.2 Å². The molecule has 0 fully saturated rings. The minimum atomic E-state index is -0.671. The number of amides is 2. The number of ether oxygens (including phenoxy) is 1. The van der Waals surface area contributed by atoms with Crippen molar-refractivity contribution in [2.45, 2.75) is 46.2 Å². The molecule has 2 aromatic carbocycles. The van der Waals surface area contributed by atoms with E-state index in [1.54, 1.807) is 25.1 Å². The Morgan fingerprint density at radius 1 is 1.07 bits per heavy atom. The zero-order chi connectivity index (χ0) is 22.3. The molecule has 0 spiro atoms. The van der Waals surface area contributed by atoms with Crippen LogP contribution in [0, 0.1) is 0 Å². The van der Waals surface area contributed by atoms with E-state index >= 15 is 0 Å². The van der Waals surface area contributed by atoms with Crippen LogP contribution < -0.4 is 10.1 Å². The number of benzene rings is 2. The fourth-order valence-corrected chi connectivity index (χ4v) is 3.37. The molecular formula is C23H28Cl2N2O3. The topological polar surface area (TPSA) is 58.6 Å². The van der Waals surface area contributed by atoms with Crippen LogP contribution in [0.25, 0.3) is 0 Å². The summed E-state index contributed by atoms with van der Waals surface area (Å²) in [6.45, 7) is 8.19. The second kappa shape index (κ2) is 11.2. The van der Waals surface area contributed by atoms with Crippen LogP contribution >= 0.6 is 23.2 Å². The second-order valence-corrected chi connectivity index (χ2v) is 8.14. The number of carbonyl (C=O) groups is 2. The monoisotopic (exact) mass is 450 g/mol. The highest BCUT2D eigenvalue weighted by atomic mass is 35.5. The van der Waals surface area contributed by atoms with Crippen LogP contribution in [0.1, 0.15) is 44.7 Å². The largest absolute Gasteiger partial charge is 0.483 e. The molecule has 0 aliphatic rings. The molecule has 1 atom stereocenters. The molecule has 30 heavy (non-hydrogen) atoms. The van der Waals surface area contributed by atoms with Crippen LogP contribution in [0.4, 0.5) is 0 Å². The standard InChI is InChI=1S/C23H28Cl2N2O3/c1-5-26-23(29)16(4)27(13-17-10-11-19(24)20(25)12-17)22(28)14-30-21-9-7-6-8-18(21)15(2)3/h6-12,15-16H,5,13-14H2,1-4H3,(H,26,29)/t16-/m0/s1. The van der Waals surface area contributed by atoms with Crippen LogP contribution in [0.5, 0.6) is 5.75 Å². The number of carbonyl (C=O) groups excluding carboxylic acids is 2. The van der Waals surface area contributed by atoms with E-state index in [1.807, 2.05) is 31.2 Å². The molecule has 162 valence electrons. The molecule has 0 heterocycles. The first-order valence-electron chi connectivity index (χ1n) is 9.97. The molecule has 2 amide bonds. The molecule has 1 N–H and O–H groups in total. The fraction of sp³-hybridized carbons (Fsp3) is 0.391. The highest BCUT2D eigenvalue weighted by Crippen LogP contribution is 2.26. The molecule has 2 rings (SSSR count). The Kier molecular flexibility index (Phi) is 9.00. The maximum absolute atomic E-state index is 13.1. The summed E-state index contributed by atoms with van der Waals surface area (Å²) in [7, 11) is 0. The van der Waals surface area contributed by atoms with Crippen LogP contribution in [0.3, 0.4) is 0 Å². The van der Waals surface area contributed by atoms with Gasteiger partial charge in [0.2, 0.25) is 5.91 Å². The minimum Gasteiger partial charge on any atom is -0.483 e. The summed E-state index contributed by atoms with van der Waals surface area (Å²) in [5.41, 5.74) is 1.80. The first kappa shape index (κ1) is 24.0. The molecule has 2 aromatic rings. The molecule has 0 aromatic heterocycles. The third-order valence-electron chi connectivity index (χ3n) is 4.75. The number of para-hydroxylation sites is 1. The quantitative estimate of drug-likeness (QED) is 0.581. The smallest absolute Gasteiger partial charge is 0.261 e. The number of rotatable bonds is 9. The molecular weight excluding hydrogens is 423 g/mol. The van der Waals surface area contributed by atoms with Crippen LogP contribution in [-0.2, 0) is 16.1 Å². The van der Waals surface area contributed by atoms with Crippen molar-refractivity contribution in [2.24, 2.45) is 0 Å². The predicted octanol–water partition coefficient (Wildman–Crippen LogP) is 5.05. The van der Waals surface area contributed by atoms with E-state index < -0.39 is 6.04 Å².